The number of fused-ring (bicyclic) bond motifs is 3. The number of nitrogens with zero attached hydrogens (tertiary/aromatic N) is 8. The molecule has 0 unspecified atom stereocenters. The van der Waals surface area contributed by atoms with Gasteiger partial charge in [-0.05, 0) is 36.4 Å². The number of hydrogen-bond acceptors (Lipinski definition) is 6. The molecular weight excluding hydrogens is 737 g/mol. The van der Waals surface area contributed by atoms with E-state index in [0.29, 0.717) is 34.9 Å². The van der Waals surface area contributed by atoms with Gasteiger partial charge in [0.25, 0.3) is 0 Å². The van der Waals surface area contributed by atoms with Crippen LogP contribution in [0.3, 0.4) is 0 Å². The van der Waals surface area contributed by atoms with Crippen molar-refractivity contribution >= 4 is 21.8 Å². The molecule has 11 aromatic rings. The highest BCUT2D eigenvalue weighted by Crippen LogP contribution is 2.34. The summed E-state index contributed by atoms with van der Waals surface area (Å²) in [6.07, 6.45) is 4.27. The summed E-state index contributed by atoms with van der Waals surface area (Å²) in [4.78, 5) is 29.8. The Morgan fingerprint density at radius 1 is 0.250 bits per heavy atom. The Labute approximate surface area is 345 Å². The van der Waals surface area contributed by atoms with E-state index in [1.165, 1.54) is 0 Å². The van der Waals surface area contributed by atoms with E-state index < -0.39 is 0 Å². The Kier molecular flexibility index (Phi) is 8.63. The fraction of sp³-hybridized carbons (Fsp3) is 0. The van der Waals surface area contributed by atoms with E-state index in [1.807, 2.05) is 121 Å². The molecule has 60 heavy (non-hydrogen) atoms. The summed E-state index contributed by atoms with van der Waals surface area (Å²) in [6, 6.07) is 65.7. The molecule has 0 N–H and O–H groups in total. The third-order valence-electron chi connectivity index (χ3n) is 10.7. The topological polar surface area (TPSA) is 87.2 Å². The molecular formula is C52H34N8. The predicted molar refractivity (Wildman–Crippen MR) is 239 cm³/mol. The quantitative estimate of drug-likeness (QED) is 0.153. The lowest BCUT2D eigenvalue weighted by Crippen LogP contribution is -2.01. The zero-order valence-corrected chi connectivity index (χ0v) is 32.2. The SMILES string of the molecule is c1ccc(-c2nc(-c3ccccc3)nc(-c3cccc(-n4ccc5ccc6ccn(-c7cccc(-c8nc(-c9ccccc9)nc(-c9ccccc9)n8)c7)c6c54)c3)n2)cc1. The second kappa shape index (κ2) is 14.9. The van der Waals surface area contributed by atoms with Crippen LogP contribution in [0.5, 0.6) is 0 Å². The maximum Gasteiger partial charge on any atom is 0.164 e. The highest BCUT2D eigenvalue weighted by atomic mass is 15.1. The Hall–Kier alpha value is -8.36. The number of aromatic nitrogens is 8. The second-order valence-corrected chi connectivity index (χ2v) is 14.5. The van der Waals surface area contributed by atoms with Crippen LogP contribution >= 0.6 is 0 Å². The molecule has 0 fully saturated rings. The van der Waals surface area contributed by atoms with Crippen LogP contribution in [0.25, 0.3) is 102 Å². The summed E-state index contributed by atoms with van der Waals surface area (Å²) in [5.41, 5.74) is 9.67. The van der Waals surface area contributed by atoms with Crippen molar-refractivity contribution in [3.05, 3.63) is 207 Å². The summed E-state index contributed by atoms with van der Waals surface area (Å²) >= 11 is 0. The second-order valence-electron chi connectivity index (χ2n) is 14.5. The lowest BCUT2D eigenvalue weighted by atomic mass is 10.1. The summed E-state index contributed by atoms with van der Waals surface area (Å²) in [5, 5.41) is 2.25. The number of hydrogen-bond donors (Lipinski definition) is 0. The first kappa shape index (κ1) is 34.9. The molecule has 0 aliphatic rings. The van der Waals surface area contributed by atoms with Crippen LogP contribution in [0.4, 0.5) is 0 Å². The molecule has 0 saturated carbocycles. The summed E-state index contributed by atoms with van der Waals surface area (Å²) in [6.45, 7) is 0. The number of benzene rings is 7. The van der Waals surface area contributed by atoms with Gasteiger partial charge in [0, 0.05) is 67.9 Å². The van der Waals surface area contributed by atoms with Crippen LogP contribution in [-0.4, -0.2) is 39.0 Å². The zero-order chi connectivity index (χ0) is 39.8. The lowest BCUT2D eigenvalue weighted by Gasteiger charge is -2.13. The Morgan fingerprint density at radius 2 is 0.533 bits per heavy atom. The molecule has 0 aliphatic carbocycles. The van der Waals surface area contributed by atoms with Gasteiger partial charge in [-0.1, -0.05) is 158 Å². The van der Waals surface area contributed by atoms with Crippen molar-refractivity contribution in [3.8, 4) is 79.7 Å². The normalized spacial score (nSPS) is 11.3. The number of rotatable bonds is 8. The van der Waals surface area contributed by atoms with Crippen molar-refractivity contribution in [1.82, 2.24) is 39.0 Å². The minimum absolute atomic E-state index is 0.607. The van der Waals surface area contributed by atoms with Crippen molar-refractivity contribution < 1.29 is 0 Å². The molecule has 8 nitrogen and oxygen atoms in total. The minimum Gasteiger partial charge on any atom is -0.315 e. The van der Waals surface area contributed by atoms with E-state index in [-0.39, 0.29) is 0 Å². The fourth-order valence-corrected chi connectivity index (χ4v) is 7.74. The zero-order valence-electron chi connectivity index (χ0n) is 32.2. The van der Waals surface area contributed by atoms with Crippen LogP contribution < -0.4 is 0 Å². The van der Waals surface area contributed by atoms with Gasteiger partial charge in [0.15, 0.2) is 34.9 Å². The van der Waals surface area contributed by atoms with Crippen LogP contribution in [0.1, 0.15) is 0 Å². The van der Waals surface area contributed by atoms with Gasteiger partial charge in [-0.25, -0.2) is 29.9 Å². The molecule has 4 heterocycles. The third kappa shape index (κ3) is 6.48. The average Bonchev–Trinajstić information content (AvgIpc) is 3.98. The van der Waals surface area contributed by atoms with Crippen molar-refractivity contribution in [2.45, 2.75) is 0 Å². The smallest absolute Gasteiger partial charge is 0.164 e. The molecule has 0 bridgehead atoms. The van der Waals surface area contributed by atoms with Gasteiger partial charge < -0.3 is 9.13 Å². The van der Waals surface area contributed by atoms with Crippen molar-refractivity contribution in [2.24, 2.45) is 0 Å². The largest absolute Gasteiger partial charge is 0.315 e. The maximum absolute atomic E-state index is 5.01. The van der Waals surface area contributed by atoms with E-state index >= 15 is 0 Å². The molecule has 8 heteroatoms. The fourth-order valence-electron chi connectivity index (χ4n) is 7.74. The van der Waals surface area contributed by atoms with E-state index in [2.05, 4.69) is 94.3 Å². The van der Waals surface area contributed by atoms with Crippen LogP contribution in [0.2, 0.25) is 0 Å². The Morgan fingerprint density at radius 3 is 0.850 bits per heavy atom. The Balaban J connectivity index is 1.03. The lowest BCUT2D eigenvalue weighted by molar-refractivity contribution is 1.07. The maximum atomic E-state index is 5.01. The van der Waals surface area contributed by atoms with Crippen molar-refractivity contribution in [2.75, 3.05) is 0 Å². The highest BCUT2D eigenvalue weighted by molar-refractivity contribution is 6.06. The monoisotopic (exact) mass is 770 g/mol. The van der Waals surface area contributed by atoms with Gasteiger partial charge in [-0.3, -0.25) is 0 Å². The summed E-state index contributed by atoms with van der Waals surface area (Å²) in [7, 11) is 0. The molecule has 11 rings (SSSR count). The van der Waals surface area contributed by atoms with Gasteiger partial charge in [0.2, 0.25) is 0 Å². The molecule has 0 atom stereocenters. The molecule has 282 valence electrons. The van der Waals surface area contributed by atoms with Crippen LogP contribution in [-0.2, 0) is 0 Å². The van der Waals surface area contributed by atoms with Gasteiger partial charge in [0.1, 0.15) is 0 Å². The van der Waals surface area contributed by atoms with E-state index in [9.17, 15) is 0 Å². The van der Waals surface area contributed by atoms with E-state index in [0.717, 1.165) is 66.6 Å². The average molecular weight is 771 g/mol. The van der Waals surface area contributed by atoms with Gasteiger partial charge in [0.05, 0.1) is 11.0 Å². The highest BCUT2D eigenvalue weighted by Gasteiger charge is 2.17. The predicted octanol–water partition coefficient (Wildman–Crippen LogP) is 11.9. The minimum atomic E-state index is 0.607. The summed E-state index contributed by atoms with van der Waals surface area (Å²) < 4.78 is 4.51. The molecule has 0 aliphatic heterocycles. The molecule has 4 aromatic heterocycles. The first-order valence-corrected chi connectivity index (χ1v) is 19.8. The van der Waals surface area contributed by atoms with Gasteiger partial charge in [-0.15, -0.1) is 0 Å². The van der Waals surface area contributed by atoms with E-state index in [1.54, 1.807) is 0 Å². The van der Waals surface area contributed by atoms with E-state index in [4.69, 9.17) is 29.9 Å². The first-order chi connectivity index (χ1) is 29.7. The van der Waals surface area contributed by atoms with Crippen molar-refractivity contribution in [3.63, 3.8) is 0 Å². The summed E-state index contributed by atoms with van der Waals surface area (Å²) in [5.74, 6) is 3.72. The molecule has 0 saturated heterocycles. The molecule has 0 radical (unpaired) electrons. The molecule has 0 spiro atoms. The van der Waals surface area contributed by atoms with Crippen LogP contribution in [0.15, 0.2) is 207 Å². The van der Waals surface area contributed by atoms with Gasteiger partial charge in [-0.2, -0.15) is 0 Å². The van der Waals surface area contributed by atoms with Crippen LogP contribution in [0, 0.1) is 0 Å². The van der Waals surface area contributed by atoms with Crippen molar-refractivity contribution in [1.29, 1.82) is 0 Å². The standard InChI is InChI=1S/C52H34N8/c1-5-15-37(16-6-1)47-53-48(38-17-7-2-8-18-38)56-51(55-47)41-23-13-25-43(33-41)59-31-29-35-27-28-36-30-32-60(46(36)45(35)59)44-26-14-24-42(34-44)52-57-49(39-19-9-3-10-20-39)54-50(58-52)40-21-11-4-12-22-40/h1-34H. The first-order valence-electron chi connectivity index (χ1n) is 19.8. The molecule has 0 amide bonds. The Bertz CT molecular complexity index is 2970. The van der Waals surface area contributed by atoms with Gasteiger partial charge >= 0.3 is 0 Å². The third-order valence-corrected chi connectivity index (χ3v) is 10.7. The molecule has 7 aromatic carbocycles.